The third-order valence-electron chi connectivity index (χ3n) is 5.94. The van der Waals surface area contributed by atoms with Gasteiger partial charge in [0, 0.05) is 36.5 Å². The molecule has 2 aromatic carbocycles. The number of benzene rings is 2. The van der Waals surface area contributed by atoms with Gasteiger partial charge in [-0.1, -0.05) is 74.9 Å². The second kappa shape index (κ2) is 12.2. The van der Waals surface area contributed by atoms with E-state index in [2.05, 4.69) is 91.4 Å². The van der Waals surface area contributed by atoms with Gasteiger partial charge in [-0.05, 0) is 44.2 Å². The second-order valence-corrected chi connectivity index (χ2v) is 9.38. The number of rotatable bonds is 10. The van der Waals surface area contributed by atoms with Gasteiger partial charge in [-0.2, -0.15) is 0 Å². The van der Waals surface area contributed by atoms with Crippen molar-refractivity contribution in [2.24, 2.45) is 5.73 Å². The van der Waals surface area contributed by atoms with Crippen molar-refractivity contribution in [3.8, 4) is 11.3 Å². The van der Waals surface area contributed by atoms with E-state index >= 15 is 0 Å². The molecule has 0 radical (unpaired) electrons. The SMILES string of the molecule is CCc1nc(C(C)C)n(/C=C(/C)N)c1-c1ccc(CCNC(=O)NCCc2ccc(C)cc2)cc1. The van der Waals surface area contributed by atoms with Crippen molar-refractivity contribution in [3.05, 3.63) is 82.4 Å². The quantitative estimate of drug-likeness (QED) is 0.368. The number of hydrogen-bond acceptors (Lipinski definition) is 3. The van der Waals surface area contributed by atoms with E-state index in [0.717, 1.165) is 47.7 Å². The van der Waals surface area contributed by atoms with E-state index in [-0.39, 0.29) is 11.9 Å². The molecule has 3 aromatic rings. The zero-order valence-electron chi connectivity index (χ0n) is 21.7. The van der Waals surface area contributed by atoms with Crippen molar-refractivity contribution < 1.29 is 4.79 Å². The number of nitrogens with zero attached hydrogens (tertiary/aromatic N) is 2. The topological polar surface area (TPSA) is 85.0 Å². The molecule has 0 unspecified atom stereocenters. The van der Waals surface area contributed by atoms with Crippen LogP contribution < -0.4 is 16.4 Å². The van der Waals surface area contributed by atoms with E-state index in [4.69, 9.17) is 10.7 Å². The minimum atomic E-state index is -0.129. The molecule has 0 aliphatic heterocycles. The molecule has 0 aliphatic rings. The largest absolute Gasteiger partial charge is 0.401 e. The van der Waals surface area contributed by atoms with E-state index < -0.39 is 0 Å². The van der Waals surface area contributed by atoms with Crippen molar-refractivity contribution in [2.75, 3.05) is 13.1 Å². The number of allylic oxidation sites excluding steroid dienone is 1. The zero-order chi connectivity index (χ0) is 25.4. The molecular formula is C29H39N5O. The molecule has 0 aliphatic carbocycles. The zero-order valence-corrected chi connectivity index (χ0v) is 21.7. The lowest BCUT2D eigenvalue weighted by molar-refractivity contribution is 0.241. The molecule has 0 fully saturated rings. The van der Waals surface area contributed by atoms with Gasteiger partial charge in [0.15, 0.2) is 0 Å². The lowest BCUT2D eigenvalue weighted by Gasteiger charge is -2.12. The van der Waals surface area contributed by atoms with Crippen LogP contribution in [0.4, 0.5) is 4.79 Å². The van der Waals surface area contributed by atoms with Crippen molar-refractivity contribution in [2.45, 2.75) is 59.8 Å². The molecule has 2 amide bonds. The van der Waals surface area contributed by atoms with Crippen LogP contribution in [0.3, 0.4) is 0 Å². The van der Waals surface area contributed by atoms with Crippen LogP contribution in [0.15, 0.2) is 54.2 Å². The summed E-state index contributed by atoms with van der Waals surface area (Å²) in [7, 11) is 0. The van der Waals surface area contributed by atoms with Gasteiger partial charge in [0.25, 0.3) is 0 Å². The first-order chi connectivity index (χ1) is 16.8. The molecule has 6 nitrogen and oxygen atoms in total. The van der Waals surface area contributed by atoms with Crippen molar-refractivity contribution in [1.29, 1.82) is 0 Å². The predicted molar refractivity (Wildman–Crippen MR) is 145 cm³/mol. The number of aromatic nitrogens is 2. The summed E-state index contributed by atoms with van der Waals surface area (Å²) in [5.74, 6) is 1.31. The van der Waals surface area contributed by atoms with E-state index in [1.165, 1.54) is 16.7 Å². The van der Waals surface area contributed by atoms with Gasteiger partial charge in [0.05, 0.1) is 11.4 Å². The maximum absolute atomic E-state index is 12.1. The molecule has 0 atom stereocenters. The van der Waals surface area contributed by atoms with Gasteiger partial charge in [0.2, 0.25) is 0 Å². The normalized spacial score (nSPS) is 11.7. The number of carbonyl (C=O) groups is 1. The fourth-order valence-corrected chi connectivity index (χ4v) is 4.08. The Bertz CT molecular complexity index is 1140. The van der Waals surface area contributed by atoms with E-state index in [9.17, 15) is 4.79 Å². The first kappa shape index (κ1) is 26.1. The molecule has 0 spiro atoms. The van der Waals surface area contributed by atoms with E-state index in [0.29, 0.717) is 13.1 Å². The average Bonchev–Trinajstić information content (AvgIpc) is 3.19. The number of hydrogen-bond donors (Lipinski definition) is 3. The fourth-order valence-electron chi connectivity index (χ4n) is 4.08. The molecule has 3 rings (SSSR count). The Morgan fingerprint density at radius 2 is 1.54 bits per heavy atom. The first-order valence-corrected chi connectivity index (χ1v) is 12.5. The van der Waals surface area contributed by atoms with Crippen LogP contribution in [-0.2, 0) is 19.3 Å². The molecular weight excluding hydrogens is 434 g/mol. The number of urea groups is 1. The maximum Gasteiger partial charge on any atom is 0.314 e. The highest BCUT2D eigenvalue weighted by atomic mass is 16.2. The summed E-state index contributed by atoms with van der Waals surface area (Å²) >= 11 is 0. The number of aryl methyl sites for hydroxylation is 2. The van der Waals surface area contributed by atoms with Crippen LogP contribution >= 0.6 is 0 Å². The predicted octanol–water partition coefficient (Wildman–Crippen LogP) is 5.41. The highest BCUT2D eigenvalue weighted by Crippen LogP contribution is 2.30. The van der Waals surface area contributed by atoms with Crippen LogP contribution in [0.5, 0.6) is 0 Å². The van der Waals surface area contributed by atoms with Crippen molar-refractivity contribution in [1.82, 2.24) is 20.2 Å². The molecule has 6 heteroatoms. The van der Waals surface area contributed by atoms with Crippen LogP contribution in [0, 0.1) is 6.92 Å². The third-order valence-corrected chi connectivity index (χ3v) is 5.94. The molecule has 0 saturated heterocycles. The molecule has 1 heterocycles. The van der Waals surface area contributed by atoms with Gasteiger partial charge >= 0.3 is 6.03 Å². The van der Waals surface area contributed by atoms with Gasteiger partial charge in [-0.3, -0.25) is 0 Å². The standard InChI is InChI=1S/C29H39N5O/c1-6-26-27(34(19-22(5)30)28(33-26)20(2)3)25-13-11-24(12-14-25)16-18-32-29(35)31-17-15-23-9-7-21(4)8-10-23/h7-14,19-20H,6,15-18,30H2,1-5H3,(H2,31,32,35)/b22-19-. The van der Waals surface area contributed by atoms with Gasteiger partial charge < -0.3 is 20.9 Å². The van der Waals surface area contributed by atoms with E-state index in [1.807, 2.05) is 13.1 Å². The van der Waals surface area contributed by atoms with Crippen LogP contribution in [0.25, 0.3) is 17.5 Å². The molecule has 4 N–H and O–H groups in total. The molecule has 0 saturated carbocycles. The summed E-state index contributed by atoms with van der Waals surface area (Å²) in [5.41, 5.74) is 13.7. The number of imidazole rings is 1. The summed E-state index contributed by atoms with van der Waals surface area (Å²) < 4.78 is 2.14. The molecule has 186 valence electrons. The Morgan fingerprint density at radius 3 is 2.03 bits per heavy atom. The van der Waals surface area contributed by atoms with Gasteiger partial charge in [0.1, 0.15) is 5.82 Å². The summed E-state index contributed by atoms with van der Waals surface area (Å²) in [6.45, 7) is 11.6. The maximum atomic E-state index is 12.1. The highest BCUT2D eigenvalue weighted by molar-refractivity contribution is 5.73. The molecule has 0 bridgehead atoms. The minimum absolute atomic E-state index is 0.129. The minimum Gasteiger partial charge on any atom is -0.401 e. The summed E-state index contributed by atoms with van der Waals surface area (Å²) in [4.78, 5) is 17.0. The summed E-state index contributed by atoms with van der Waals surface area (Å²) in [5, 5.41) is 5.88. The lowest BCUT2D eigenvalue weighted by atomic mass is 10.0. The molecule has 1 aromatic heterocycles. The Kier molecular flexibility index (Phi) is 9.12. The Labute approximate surface area is 209 Å². The lowest BCUT2D eigenvalue weighted by Crippen LogP contribution is -2.37. The van der Waals surface area contributed by atoms with Crippen LogP contribution in [0.2, 0.25) is 0 Å². The second-order valence-electron chi connectivity index (χ2n) is 9.38. The van der Waals surface area contributed by atoms with Gasteiger partial charge in [-0.15, -0.1) is 0 Å². The highest BCUT2D eigenvalue weighted by Gasteiger charge is 2.18. The number of nitrogens with two attached hydrogens (primary N) is 1. The Morgan fingerprint density at radius 1 is 1.00 bits per heavy atom. The third kappa shape index (κ3) is 7.22. The van der Waals surface area contributed by atoms with Crippen LogP contribution in [-0.4, -0.2) is 28.7 Å². The Hall–Kier alpha value is -3.54. The van der Waals surface area contributed by atoms with Crippen molar-refractivity contribution >= 4 is 12.2 Å². The van der Waals surface area contributed by atoms with Crippen molar-refractivity contribution in [3.63, 3.8) is 0 Å². The first-order valence-electron chi connectivity index (χ1n) is 12.5. The average molecular weight is 474 g/mol. The van der Waals surface area contributed by atoms with E-state index in [1.54, 1.807) is 0 Å². The number of nitrogens with one attached hydrogen (secondary N) is 2. The summed E-state index contributed by atoms with van der Waals surface area (Å²) in [6, 6.07) is 16.8. The van der Waals surface area contributed by atoms with Crippen LogP contribution in [0.1, 0.15) is 61.8 Å². The van der Waals surface area contributed by atoms with Gasteiger partial charge in [-0.25, -0.2) is 9.78 Å². The molecule has 35 heavy (non-hydrogen) atoms. The Balaban J connectivity index is 1.57. The fraction of sp³-hybridized carbons (Fsp3) is 0.379. The smallest absolute Gasteiger partial charge is 0.314 e. The number of carbonyl (C=O) groups excluding carboxylic acids is 1. The summed E-state index contributed by atoms with van der Waals surface area (Å²) in [6.07, 6.45) is 4.41. The number of amides is 2. The monoisotopic (exact) mass is 473 g/mol.